The third kappa shape index (κ3) is 5.65. The Hall–Kier alpha value is -0.360. The van der Waals surface area contributed by atoms with Crippen LogP contribution >= 0.6 is 22.6 Å². The van der Waals surface area contributed by atoms with Gasteiger partial charge in [-0.05, 0) is 29.9 Å². The van der Waals surface area contributed by atoms with Gasteiger partial charge in [0, 0.05) is 25.4 Å². The lowest BCUT2D eigenvalue weighted by Crippen LogP contribution is -2.26. The molecule has 16 heavy (non-hydrogen) atoms. The number of hydrogen-bond donors (Lipinski definition) is 1. The molecule has 1 heterocycles. The van der Waals surface area contributed by atoms with Crippen LogP contribution in [0.5, 0.6) is 0 Å². The second-order valence-corrected chi connectivity index (χ2v) is 4.81. The van der Waals surface area contributed by atoms with Gasteiger partial charge in [0.05, 0.1) is 0 Å². The van der Waals surface area contributed by atoms with Crippen molar-refractivity contribution >= 4 is 22.6 Å². The molecular weight excluding hydrogens is 315 g/mol. The smallest absolute Gasteiger partial charge is 0.250 e. The zero-order chi connectivity index (χ0) is 11.6. The highest BCUT2D eigenvalue weighted by Gasteiger charge is 1.93. The highest BCUT2D eigenvalue weighted by atomic mass is 127. The Morgan fingerprint density at radius 2 is 2.06 bits per heavy atom. The summed E-state index contributed by atoms with van der Waals surface area (Å²) in [6.45, 7) is 2.68. The number of pyridine rings is 1. The molecule has 0 saturated heterocycles. The van der Waals surface area contributed by atoms with Crippen LogP contribution in [0.2, 0.25) is 0 Å². The van der Waals surface area contributed by atoms with E-state index >= 15 is 0 Å². The Balaban J connectivity index is 2.08. The second kappa shape index (κ2) is 8.75. The van der Waals surface area contributed by atoms with E-state index < -0.39 is 0 Å². The SMILES string of the molecule is O=c1ccccn1CCNCCCCCI. The van der Waals surface area contributed by atoms with Crippen LogP contribution in [-0.2, 0) is 6.54 Å². The minimum absolute atomic E-state index is 0.0780. The van der Waals surface area contributed by atoms with E-state index in [4.69, 9.17) is 0 Å². The van der Waals surface area contributed by atoms with E-state index in [9.17, 15) is 4.79 Å². The Bertz CT molecular complexity index is 338. The number of halogens is 1. The molecule has 4 heteroatoms. The van der Waals surface area contributed by atoms with E-state index in [2.05, 4.69) is 27.9 Å². The molecule has 1 rings (SSSR count). The molecule has 0 aromatic carbocycles. The molecule has 0 radical (unpaired) electrons. The molecule has 0 fully saturated rings. The quantitative estimate of drug-likeness (QED) is 0.449. The number of alkyl halides is 1. The molecule has 1 aromatic rings. The number of nitrogens with zero attached hydrogens (tertiary/aromatic N) is 1. The van der Waals surface area contributed by atoms with E-state index in [0.29, 0.717) is 0 Å². The average molecular weight is 334 g/mol. The van der Waals surface area contributed by atoms with Gasteiger partial charge in [-0.25, -0.2) is 0 Å². The zero-order valence-corrected chi connectivity index (χ0v) is 11.7. The molecule has 0 spiro atoms. The molecule has 1 N–H and O–H groups in total. The maximum absolute atomic E-state index is 11.4. The van der Waals surface area contributed by atoms with Gasteiger partial charge in [0.15, 0.2) is 0 Å². The lowest BCUT2D eigenvalue weighted by Gasteiger charge is -2.06. The summed E-state index contributed by atoms with van der Waals surface area (Å²) >= 11 is 2.41. The van der Waals surface area contributed by atoms with Crippen molar-refractivity contribution in [3.05, 3.63) is 34.7 Å². The van der Waals surface area contributed by atoms with Crippen molar-refractivity contribution in [2.24, 2.45) is 0 Å². The molecular formula is C12H19IN2O. The largest absolute Gasteiger partial charge is 0.315 e. The van der Waals surface area contributed by atoms with Crippen LogP contribution < -0.4 is 10.9 Å². The fraction of sp³-hybridized carbons (Fsp3) is 0.583. The van der Waals surface area contributed by atoms with Crippen molar-refractivity contribution in [1.29, 1.82) is 0 Å². The van der Waals surface area contributed by atoms with Gasteiger partial charge < -0.3 is 9.88 Å². The van der Waals surface area contributed by atoms with Gasteiger partial charge in [0.1, 0.15) is 0 Å². The number of rotatable bonds is 8. The maximum atomic E-state index is 11.4. The molecule has 0 saturated carbocycles. The lowest BCUT2D eigenvalue weighted by molar-refractivity contribution is 0.562. The third-order valence-corrected chi connectivity index (χ3v) is 3.18. The molecule has 0 atom stereocenters. The molecule has 90 valence electrons. The van der Waals surface area contributed by atoms with E-state index in [1.807, 2.05) is 12.3 Å². The topological polar surface area (TPSA) is 34.0 Å². The van der Waals surface area contributed by atoms with Crippen LogP contribution in [0.15, 0.2) is 29.2 Å². The van der Waals surface area contributed by atoms with Gasteiger partial charge in [-0.15, -0.1) is 0 Å². The minimum Gasteiger partial charge on any atom is -0.315 e. The van der Waals surface area contributed by atoms with Crippen LogP contribution in [0.25, 0.3) is 0 Å². The van der Waals surface area contributed by atoms with Crippen LogP contribution in [-0.4, -0.2) is 22.1 Å². The maximum Gasteiger partial charge on any atom is 0.250 e. The highest BCUT2D eigenvalue weighted by Crippen LogP contribution is 1.97. The van der Waals surface area contributed by atoms with Gasteiger partial charge in [0.2, 0.25) is 0 Å². The average Bonchev–Trinajstić information content (AvgIpc) is 2.30. The van der Waals surface area contributed by atoms with Crippen molar-refractivity contribution < 1.29 is 0 Å². The van der Waals surface area contributed by atoms with Crippen LogP contribution in [0, 0.1) is 0 Å². The summed E-state index contributed by atoms with van der Waals surface area (Å²) in [5.41, 5.74) is 0.0780. The molecule has 0 aliphatic carbocycles. The van der Waals surface area contributed by atoms with E-state index in [1.54, 1.807) is 16.7 Å². The summed E-state index contributed by atoms with van der Waals surface area (Å²) in [6.07, 6.45) is 5.66. The normalized spacial score (nSPS) is 10.6. The van der Waals surface area contributed by atoms with Gasteiger partial charge in [-0.3, -0.25) is 4.79 Å². The Morgan fingerprint density at radius 1 is 1.19 bits per heavy atom. The summed E-state index contributed by atoms with van der Waals surface area (Å²) < 4.78 is 2.98. The Labute approximate surface area is 110 Å². The molecule has 0 bridgehead atoms. The first kappa shape index (κ1) is 13.7. The molecule has 0 unspecified atom stereocenters. The van der Waals surface area contributed by atoms with Crippen molar-refractivity contribution in [3.8, 4) is 0 Å². The first-order valence-corrected chi connectivity index (χ1v) is 7.29. The van der Waals surface area contributed by atoms with Gasteiger partial charge >= 0.3 is 0 Å². The van der Waals surface area contributed by atoms with E-state index in [1.165, 1.54) is 23.7 Å². The van der Waals surface area contributed by atoms with Crippen LogP contribution in [0.4, 0.5) is 0 Å². The molecule has 3 nitrogen and oxygen atoms in total. The first-order chi connectivity index (χ1) is 7.84. The Morgan fingerprint density at radius 3 is 2.81 bits per heavy atom. The standard InChI is InChI=1S/C12H19IN2O/c13-7-3-1-4-8-14-9-11-15-10-5-2-6-12(15)16/h2,5-6,10,14H,1,3-4,7-9,11H2. The summed E-state index contributed by atoms with van der Waals surface area (Å²) in [6, 6.07) is 5.26. The van der Waals surface area contributed by atoms with Crippen molar-refractivity contribution in [1.82, 2.24) is 9.88 Å². The monoisotopic (exact) mass is 334 g/mol. The first-order valence-electron chi connectivity index (χ1n) is 5.77. The van der Waals surface area contributed by atoms with Crippen molar-refractivity contribution in [2.45, 2.75) is 25.8 Å². The fourth-order valence-electron chi connectivity index (χ4n) is 1.49. The Kier molecular flexibility index (Phi) is 7.50. The predicted molar refractivity (Wildman–Crippen MR) is 76.3 cm³/mol. The summed E-state index contributed by atoms with van der Waals surface area (Å²) in [5.74, 6) is 0. The van der Waals surface area contributed by atoms with Crippen LogP contribution in [0.1, 0.15) is 19.3 Å². The fourth-order valence-corrected chi connectivity index (χ4v) is 2.03. The highest BCUT2D eigenvalue weighted by molar-refractivity contribution is 14.1. The van der Waals surface area contributed by atoms with Crippen LogP contribution in [0.3, 0.4) is 0 Å². The summed E-state index contributed by atoms with van der Waals surface area (Å²) in [4.78, 5) is 11.4. The lowest BCUT2D eigenvalue weighted by atomic mass is 10.2. The second-order valence-electron chi connectivity index (χ2n) is 3.73. The van der Waals surface area contributed by atoms with E-state index in [0.717, 1.165) is 19.6 Å². The van der Waals surface area contributed by atoms with Gasteiger partial charge in [-0.1, -0.05) is 35.1 Å². The number of aromatic nitrogens is 1. The van der Waals surface area contributed by atoms with Gasteiger partial charge in [0.25, 0.3) is 5.56 Å². The molecule has 0 amide bonds. The zero-order valence-electron chi connectivity index (χ0n) is 9.49. The summed E-state index contributed by atoms with van der Waals surface area (Å²) in [5, 5.41) is 3.36. The van der Waals surface area contributed by atoms with E-state index in [-0.39, 0.29) is 5.56 Å². The number of hydrogen-bond acceptors (Lipinski definition) is 2. The van der Waals surface area contributed by atoms with Crippen molar-refractivity contribution in [3.63, 3.8) is 0 Å². The summed E-state index contributed by atoms with van der Waals surface area (Å²) in [7, 11) is 0. The number of unbranched alkanes of at least 4 members (excludes halogenated alkanes) is 2. The number of nitrogens with one attached hydrogen (secondary N) is 1. The molecule has 1 aromatic heterocycles. The van der Waals surface area contributed by atoms with Gasteiger partial charge in [-0.2, -0.15) is 0 Å². The molecule has 0 aliphatic heterocycles. The predicted octanol–water partition coefficient (Wildman–Crippen LogP) is 2.04. The van der Waals surface area contributed by atoms with Crippen molar-refractivity contribution in [2.75, 3.05) is 17.5 Å². The third-order valence-electron chi connectivity index (χ3n) is 2.42. The molecule has 0 aliphatic rings. The minimum atomic E-state index is 0.0780.